The molecule has 0 fully saturated rings. The summed E-state index contributed by atoms with van der Waals surface area (Å²) in [6.07, 6.45) is 0.742. The van der Waals surface area contributed by atoms with Crippen molar-refractivity contribution in [2.45, 2.75) is 26.2 Å². The molecule has 0 aromatic heterocycles. The van der Waals surface area contributed by atoms with E-state index in [-0.39, 0.29) is 0 Å². The SMILES string of the molecule is CC(C)c1ccc(O)c(CCN)c1. The normalized spacial score (nSPS) is 10.8. The van der Waals surface area contributed by atoms with Crippen molar-refractivity contribution in [2.24, 2.45) is 5.73 Å². The summed E-state index contributed by atoms with van der Waals surface area (Å²) in [5.41, 5.74) is 7.65. The average molecular weight is 179 g/mol. The molecule has 0 aliphatic rings. The van der Waals surface area contributed by atoms with Gasteiger partial charge in [0.05, 0.1) is 0 Å². The molecule has 0 spiro atoms. The van der Waals surface area contributed by atoms with E-state index >= 15 is 0 Å². The maximum Gasteiger partial charge on any atom is 0.118 e. The third kappa shape index (κ3) is 2.46. The molecule has 1 aromatic carbocycles. The molecule has 0 atom stereocenters. The molecule has 1 rings (SSSR count). The number of phenols is 1. The number of phenolic OH excluding ortho intramolecular Hbond substituents is 1. The summed E-state index contributed by atoms with van der Waals surface area (Å²) >= 11 is 0. The van der Waals surface area contributed by atoms with Crippen LogP contribution in [0.5, 0.6) is 5.75 Å². The van der Waals surface area contributed by atoms with Gasteiger partial charge < -0.3 is 10.8 Å². The fourth-order valence-corrected chi connectivity index (χ4v) is 1.32. The van der Waals surface area contributed by atoms with Crippen LogP contribution in [0.4, 0.5) is 0 Å². The van der Waals surface area contributed by atoms with E-state index in [1.165, 1.54) is 5.56 Å². The van der Waals surface area contributed by atoms with Crippen LogP contribution in [0.3, 0.4) is 0 Å². The summed E-state index contributed by atoms with van der Waals surface area (Å²) in [5.74, 6) is 0.854. The van der Waals surface area contributed by atoms with Gasteiger partial charge in [-0.05, 0) is 36.1 Å². The van der Waals surface area contributed by atoms with E-state index in [9.17, 15) is 5.11 Å². The van der Waals surface area contributed by atoms with Gasteiger partial charge in [-0.2, -0.15) is 0 Å². The van der Waals surface area contributed by atoms with Gasteiger partial charge in [0.15, 0.2) is 0 Å². The third-order valence-electron chi connectivity index (χ3n) is 2.18. The summed E-state index contributed by atoms with van der Waals surface area (Å²) in [6.45, 7) is 4.85. The lowest BCUT2D eigenvalue weighted by atomic mass is 9.99. The molecule has 0 bridgehead atoms. The standard InChI is InChI=1S/C11H17NO/c1-8(2)9-3-4-11(13)10(7-9)5-6-12/h3-4,7-8,13H,5-6,12H2,1-2H3. The second-order valence-electron chi connectivity index (χ2n) is 3.58. The second kappa shape index (κ2) is 4.28. The summed E-state index contributed by atoms with van der Waals surface area (Å²) in [7, 11) is 0. The fourth-order valence-electron chi connectivity index (χ4n) is 1.32. The molecule has 0 aliphatic carbocycles. The lowest BCUT2D eigenvalue weighted by Gasteiger charge is -2.09. The van der Waals surface area contributed by atoms with Crippen LogP contribution in [0.25, 0.3) is 0 Å². The van der Waals surface area contributed by atoms with E-state index in [2.05, 4.69) is 13.8 Å². The fraction of sp³-hybridized carbons (Fsp3) is 0.455. The van der Waals surface area contributed by atoms with Gasteiger partial charge in [0, 0.05) is 0 Å². The molecule has 0 unspecified atom stereocenters. The molecular formula is C11H17NO. The molecule has 0 amide bonds. The van der Waals surface area contributed by atoms with Crippen LogP contribution >= 0.6 is 0 Å². The zero-order valence-electron chi connectivity index (χ0n) is 8.25. The van der Waals surface area contributed by atoms with Crippen molar-refractivity contribution in [3.63, 3.8) is 0 Å². The van der Waals surface area contributed by atoms with Crippen molar-refractivity contribution in [1.29, 1.82) is 0 Å². The van der Waals surface area contributed by atoms with Crippen LogP contribution in [-0.2, 0) is 6.42 Å². The molecule has 2 heteroatoms. The monoisotopic (exact) mass is 179 g/mol. The zero-order valence-corrected chi connectivity index (χ0v) is 8.25. The van der Waals surface area contributed by atoms with Crippen molar-refractivity contribution in [1.82, 2.24) is 0 Å². The van der Waals surface area contributed by atoms with E-state index in [1.807, 2.05) is 12.1 Å². The number of aromatic hydroxyl groups is 1. The second-order valence-corrected chi connectivity index (χ2v) is 3.58. The van der Waals surface area contributed by atoms with Gasteiger partial charge in [0.25, 0.3) is 0 Å². The maximum atomic E-state index is 9.49. The Kier molecular flexibility index (Phi) is 3.32. The van der Waals surface area contributed by atoms with Gasteiger partial charge in [-0.3, -0.25) is 0 Å². The molecule has 0 saturated heterocycles. The van der Waals surface area contributed by atoms with Crippen molar-refractivity contribution in [2.75, 3.05) is 6.54 Å². The average Bonchev–Trinajstić information content (AvgIpc) is 2.08. The van der Waals surface area contributed by atoms with Crippen LogP contribution in [0.2, 0.25) is 0 Å². The highest BCUT2D eigenvalue weighted by molar-refractivity contribution is 5.37. The van der Waals surface area contributed by atoms with Gasteiger partial charge in [0.2, 0.25) is 0 Å². The van der Waals surface area contributed by atoms with E-state index < -0.39 is 0 Å². The smallest absolute Gasteiger partial charge is 0.118 e. The number of hydrogen-bond donors (Lipinski definition) is 2. The first-order valence-corrected chi connectivity index (χ1v) is 4.67. The topological polar surface area (TPSA) is 46.2 Å². The van der Waals surface area contributed by atoms with Crippen LogP contribution in [-0.4, -0.2) is 11.7 Å². The van der Waals surface area contributed by atoms with Gasteiger partial charge in [-0.1, -0.05) is 26.0 Å². The van der Waals surface area contributed by atoms with Gasteiger partial charge in [-0.25, -0.2) is 0 Å². The molecule has 13 heavy (non-hydrogen) atoms. The highest BCUT2D eigenvalue weighted by atomic mass is 16.3. The van der Waals surface area contributed by atoms with Gasteiger partial charge in [0.1, 0.15) is 5.75 Å². The van der Waals surface area contributed by atoms with E-state index in [4.69, 9.17) is 5.73 Å². The number of hydrogen-bond acceptors (Lipinski definition) is 2. The van der Waals surface area contributed by atoms with Gasteiger partial charge >= 0.3 is 0 Å². The van der Waals surface area contributed by atoms with Crippen molar-refractivity contribution in [3.05, 3.63) is 29.3 Å². The summed E-state index contributed by atoms with van der Waals surface area (Å²) in [6, 6.07) is 5.74. The Labute approximate surface area is 79.4 Å². The molecule has 0 aliphatic heterocycles. The molecular weight excluding hydrogens is 162 g/mol. The lowest BCUT2D eigenvalue weighted by molar-refractivity contribution is 0.467. The molecule has 3 N–H and O–H groups in total. The zero-order chi connectivity index (χ0) is 9.84. The first kappa shape index (κ1) is 10.1. The van der Waals surface area contributed by atoms with Crippen LogP contribution in [0.1, 0.15) is 30.9 Å². The van der Waals surface area contributed by atoms with E-state index in [1.54, 1.807) is 6.07 Å². The first-order valence-electron chi connectivity index (χ1n) is 4.67. The Bertz CT molecular complexity index is 281. The minimum Gasteiger partial charge on any atom is -0.508 e. The molecule has 2 nitrogen and oxygen atoms in total. The summed E-state index contributed by atoms with van der Waals surface area (Å²) in [5, 5.41) is 9.49. The molecule has 1 aromatic rings. The maximum absolute atomic E-state index is 9.49. The number of benzene rings is 1. The molecule has 72 valence electrons. The Morgan fingerprint density at radius 3 is 2.62 bits per heavy atom. The summed E-state index contributed by atoms with van der Waals surface area (Å²) < 4.78 is 0. The predicted molar refractivity (Wildman–Crippen MR) is 55.0 cm³/mol. The van der Waals surface area contributed by atoms with E-state index in [0.29, 0.717) is 18.2 Å². The van der Waals surface area contributed by atoms with Crippen LogP contribution < -0.4 is 5.73 Å². The predicted octanol–water partition coefficient (Wildman–Crippen LogP) is 2.02. The van der Waals surface area contributed by atoms with Crippen molar-refractivity contribution < 1.29 is 5.11 Å². The summed E-state index contributed by atoms with van der Waals surface area (Å²) in [4.78, 5) is 0. The minimum absolute atomic E-state index is 0.356. The van der Waals surface area contributed by atoms with Crippen LogP contribution in [0, 0.1) is 0 Å². The minimum atomic E-state index is 0.356. The Morgan fingerprint density at radius 1 is 1.38 bits per heavy atom. The van der Waals surface area contributed by atoms with Crippen LogP contribution in [0.15, 0.2) is 18.2 Å². The molecule has 0 heterocycles. The Hall–Kier alpha value is -1.02. The number of nitrogens with two attached hydrogens (primary N) is 1. The Balaban J connectivity index is 2.97. The molecule has 0 radical (unpaired) electrons. The van der Waals surface area contributed by atoms with Crippen molar-refractivity contribution in [3.8, 4) is 5.75 Å². The third-order valence-corrected chi connectivity index (χ3v) is 2.18. The largest absolute Gasteiger partial charge is 0.508 e. The highest BCUT2D eigenvalue weighted by Crippen LogP contribution is 2.23. The highest BCUT2D eigenvalue weighted by Gasteiger charge is 2.04. The van der Waals surface area contributed by atoms with E-state index in [0.717, 1.165) is 12.0 Å². The van der Waals surface area contributed by atoms with Gasteiger partial charge in [-0.15, -0.1) is 0 Å². The molecule has 0 saturated carbocycles. The number of rotatable bonds is 3. The quantitative estimate of drug-likeness (QED) is 0.745. The van der Waals surface area contributed by atoms with Crippen molar-refractivity contribution >= 4 is 0 Å². The lowest BCUT2D eigenvalue weighted by Crippen LogP contribution is -2.03. The first-order chi connectivity index (χ1) is 6.15. The Morgan fingerprint density at radius 2 is 2.08 bits per heavy atom.